The van der Waals surface area contributed by atoms with Crippen molar-refractivity contribution >= 4 is 11.7 Å². The van der Waals surface area contributed by atoms with Gasteiger partial charge in [-0.15, -0.1) is 5.10 Å². The lowest BCUT2D eigenvalue weighted by atomic mass is 9.65. The highest BCUT2D eigenvalue weighted by molar-refractivity contribution is 5.89. The molecule has 0 spiro atoms. The maximum atomic E-state index is 13.6. The summed E-state index contributed by atoms with van der Waals surface area (Å²) in [7, 11) is 4.89. The van der Waals surface area contributed by atoms with Gasteiger partial charge in [0.25, 0.3) is 0 Å². The Morgan fingerprint density at radius 3 is 2.63 bits per heavy atom. The summed E-state index contributed by atoms with van der Waals surface area (Å²) in [6, 6.07) is 9.05. The predicted molar refractivity (Wildman–Crippen MR) is 148 cm³/mol. The molecule has 1 aromatic heterocycles. The van der Waals surface area contributed by atoms with Gasteiger partial charge < -0.3 is 24.8 Å². The third kappa shape index (κ3) is 6.13. The molecule has 0 bridgehead atoms. The number of likely N-dealkylation sites (tertiary alicyclic amines) is 1. The van der Waals surface area contributed by atoms with E-state index in [1.165, 1.54) is 11.6 Å². The number of aromatic nitrogens is 3. The number of carbonyl (C=O) groups excluding carboxylic acids is 1. The molecule has 2 fully saturated rings. The molecule has 3 atom stereocenters. The first kappa shape index (κ1) is 28.7. The molecule has 3 aromatic rings. The highest BCUT2D eigenvalue weighted by Crippen LogP contribution is 2.50. The summed E-state index contributed by atoms with van der Waals surface area (Å²) in [5.41, 5.74) is 2.04. The minimum absolute atomic E-state index is 0.0983. The van der Waals surface area contributed by atoms with Crippen molar-refractivity contribution in [2.75, 3.05) is 39.7 Å². The number of carbonyl (C=O) groups is 1. The van der Waals surface area contributed by atoms with Crippen LogP contribution >= 0.6 is 0 Å². The standard InChI is InChI=1S/C29H36F2N6O4/c1-39-18-22-17-37(35-34-22)13-12-36-11-10-29(19-4-7-25(40-2)26(14-19)41-3)9-8-21(16-27(29)36)33-28(38)32-20-5-6-23(30)24(31)15-20/h4-7,14-15,17,21,27H,8-13,16,18H2,1-3H3,(H2,32,33,38)/t21-,27+,29-/m0/s1. The van der Waals surface area contributed by atoms with Gasteiger partial charge in [-0.05, 0) is 62.1 Å². The molecule has 2 aliphatic rings. The van der Waals surface area contributed by atoms with Crippen LogP contribution in [-0.2, 0) is 23.3 Å². The van der Waals surface area contributed by atoms with Crippen molar-refractivity contribution in [2.45, 2.75) is 56.3 Å². The van der Waals surface area contributed by atoms with E-state index < -0.39 is 17.7 Å². The van der Waals surface area contributed by atoms with Crippen molar-refractivity contribution in [2.24, 2.45) is 0 Å². The Morgan fingerprint density at radius 2 is 1.88 bits per heavy atom. The summed E-state index contributed by atoms with van der Waals surface area (Å²) < 4.78 is 45.0. The molecule has 0 unspecified atom stereocenters. The summed E-state index contributed by atoms with van der Waals surface area (Å²) in [5.74, 6) is -0.599. The largest absolute Gasteiger partial charge is 0.493 e. The summed E-state index contributed by atoms with van der Waals surface area (Å²) in [6.45, 7) is 2.74. The van der Waals surface area contributed by atoms with Crippen LogP contribution in [0.3, 0.4) is 0 Å². The van der Waals surface area contributed by atoms with E-state index in [1.807, 2.05) is 16.9 Å². The minimum atomic E-state index is -1.01. The maximum absolute atomic E-state index is 13.6. The average Bonchev–Trinajstić information content (AvgIpc) is 3.58. The van der Waals surface area contributed by atoms with E-state index in [0.29, 0.717) is 24.7 Å². The zero-order chi connectivity index (χ0) is 29.0. The van der Waals surface area contributed by atoms with Crippen molar-refractivity contribution < 1.29 is 27.8 Å². The number of hydrogen-bond donors (Lipinski definition) is 2. The topological polar surface area (TPSA) is 103 Å². The Labute approximate surface area is 237 Å². The Hall–Kier alpha value is -3.77. The van der Waals surface area contributed by atoms with Crippen LogP contribution in [-0.4, -0.2) is 72.4 Å². The van der Waals surface area contributed by atoms with Crippen LogP contribution in [0.1, 0.15) is 36.9 Å². The molecule has 5 rings (SSSR count). The molecule has 220 valence electrons. The van der Waals surface area contributed by atoms with Crippen molar-refractivity contribution in [3.63, 3.8) is 0 Å². The lowest BCUT2D eigenvalue weighted by Crippen LogP contribution is -2.53. The molecule has 1 saturated heterocycles. The smallest absolute Gasteiger partial charge is 0.319 e. The second-order valence-corrected chi connectivity index (χ2v) is 10.6. The van der Waals surface area contributed by atoms with Gasteiger partial charge in [0.1, 0.15) is 5.69 Å². The molecule has 12 heteroatoms. The lowest BCUT2D eigenvalue weighted by molar-refractivity contribution is 0.132. The van der Waals surface area contributed by atoms with Crippen LogP contribution in [0, 0.1) is 11.6 Å². The van der Waals surface area contributed by atoms with Gasteiger partial charge in [-0.2, -0.15) is 0 Å². The van der Waals surface area contributed by atoms with Gasteiger partial charge in [-0.1, -0.05) is 11.3 Å². The first-order valence-corrected chi connectivity index (χ1v) is 13.7. The second kappa shape index (κ2) is 12.4. The molecule has 1 aliphatic carbocycles. The SMILES string of the molecule is COCc1cn(CCN2CC[C@]3(c4ccc(OC)c(OC)c4)CC[C@H](NC(=O)Nc4ccc(F)c(F)c4)C[C@@H]23)nn1. The first-order valence-electron chi connectivity index (χ1n) is 13.7. The Bertz CT molecular complexity index is 1370. The van der Waals surface area contributed by atoms with Crippen LogP contribution in [0.2, 0.25) is 0 Å². The number of nitrogens with zero attached hydrogens (tertiary/aromatic N) is 4. The molecule has 1 aliphatic heterocycles. The normalized spacial score (nSPS) is 22.3. The van der Waals surface area contributed by atoms with Gasteiger partial charge in [0.05, 0.1) is 33.6 Å². The number of rotatable bonds is 10. The lowest BCUT2D eigenvalue weighted by Gasteiger charge is -2.45. The maximum Gasteiger partial charge on any atom is 0.319 e. The van der Waals surface area contributed by atoms with Gasteiger partial charge in [0.2, 0.25) is 0 Å². The fourth-order valence-corrected chi connectivity index (χ4v) is 6.35. The molecule has 41 heavy (non-hydrogen) atoms. The zero-order valence-electron chi connectivity index (χ0n) is 23.5. The van der Waals surface area contributed by atoms with Gasteiger partial charge in [0, 0.05) is 42.9 Å². The van der Waals surface area contributed by atoms with Gasteiger partial charge >= 0.3 is 6.03 Å². The fraction of sp³-hybridized carbons (Fsp3) is 0.483. The summed E-state index contributed by atoms with van der Waals surface area (Å²) in [6.07, 6.45) is 5.22. The molecule has 1 saturated carbocycles. The first-order chi connectivity index (χ1) is 19.8. The number of halogens is 2. The van der Waals surface area contributed by atoms with E-state index in [4.69, 9.17) is 14.2 Å². The van der Waals surface area contributed by atoms with Crippen molar-refractivity contribution in [1.29, 1.82) is 0 Å². The summed E-state index contributed by atoms with van der Waals surface area (Å²) in [5, 5.41) is 14.1. The van der Waals surface area contributed by atoms with Crippen molar-refractivity contribution in [3.8, 4) is 11.5 Å². The number of benzene rings is 2. The number of anilines is 1. The third-order valence-corrected chi connectivity index (χ3v) is 8.34. The van der Waals surface area contributed by atoms with Crippen LogP contribution in [0.25, 0.3) is 0 Å². The monoisotopic (exact) mass is 570 g/mol. The number of nitrogens with one attached hydrogen (secondary N) is 2. The number of amides is 2. The van der Waals surface area contributed by atoms with E-state index in [9.17, 15) is 13.6 Å². The Kier molecular flexibility index (Phi) is 8.69. The van der Waals surface area contributed by atoms with Crippen LogP contribution in [0.15, 0.2) is 42.6 Å². The number of hydrogen-bond acceptors (Lipinski definition) is 7. The Morgan fingerprint density at radius 1 is 1.05 bits per heavy atom. The molecular weight excluding hydrogens is 534 g/mol. The van der Waals surface area contributed by atoms with E-state index in [1.54, 1.807) is 21.3 Å². The second-order valence-electron chi connectivity index (χ2n) is 10.6. The number of methoxy groups -OCH3 is 3. The van der Waals surface area contributed by atoms with Crippen molar-refractivity contribution in [3.05, 3.63) is 65.5 Å². The van der Waals surface area contributed by atoms with E-state index in [0.717, 1.165) is 56.6 Å². The number of fused-ring (bicyclic) bond motifs is 1. The highest BCUT2D eigenvalue weighted by Gasteiger charge is 2.51. The molecule has 2 aromatic carbocycles. The van der Waals surface area contributed by atoms with Crippen LogP contribution in [0.4, 0.5) is 19.3 Å². The van der Waals surface area contributed by atoms with Crippen LogP contribution < -0.4 is 20.1 Å². The fourth-order valence-electron chi connectivity index (χ4n) is 6.35. The minimum Gasteiger partial charge on any atom is -0.493 e. The quantitative estimate of drug-likeness (QED) is 0.378. The summed E-state index contributed by atoms with van der Waals surface area (Å²) >= 11 is 0. The highest BCUT2D eigenvalue weighted by atomic mass is 19.2. The van der Waals surface area contributed by atoms with E-state index in [2.05, 4.69) is 38.0 Å². The third-order valence-electron chi connectivity index (χ3n) is 8.34. The van der Waals surface area contributed by atoms with Crippen molar-refractivity contribution in [1.82, 2.24) is 25.2 Å². The molecule has 2 heterocycles. The molecule has 0 radical (unpaired) electrons. The number of ether oxygens (including phenoxy) is 3. The molecular formula is C29H36F2N6O4. The molecule has 2 amide bonds. The zero-order valence-corrected chi connectivity index (χ0v) is 23.5. The van der Waals surface area contributed by atoms with Gasteiger partial charge in [-0.3, -0.25) is 9.58 Å². The van der Waals surface area contributed by atoms with E-state index >= 15 is 0 Å². The predicted octanol–water partition coefficient (Wildman–Crippen LogP) is 4.11. The summed E-state index contributed by atoms with van der Waals surface area (Å²) in [4.78, 5) is 15.3. The van der Waals surface area contributed by atoms with E-state index in [-0.39, 0.29) is 23.2 Å². The van der Waals surface area contributed by atoms with Gasteiger partial charge in [-0.25, -0.2) is 13.6 Å². The van der Waals surface area contributed by atoms with Crippen LogP contribution in [0.5, 0.6) is 11.5 Å². The molecule has 2 N–H and O–H groups in total. The number of urea groups is 1. The van der Waals surface area contributed by atoms with Gasteiger partial charge in [0.15, 0.2) is 23.1 Å². The average molecular weight is 571 g/mol. The Balaban J connectivity index is 1.34. The molecule has 10 nitrogen and oxygen atoms in total.